The largest absolute Gasteiger partial charge is 0.354 e. The van der Waals surface area contributed by atoms with E-state index in [-0.39, 0.29) is 29.8 Å². The van der Waals surface area contributed by atoms with E-state index >= 15 is 0 Å². The third kappa shape index (κ3) is 3.70. The van der Waals surface area contributed by atoms with E-state index in [1.165, 1.54) is 10.4 Å². The lowest BCUT2D eigenvalue weighted by atomic mass is 9.87. The fraction of sp³-hybridized carbons (Fsp3) is 0.615. The molecule has 0 aliphatic heterocycles. The number of carbonyl (C=O) groups is 1. The Labute approximate surface area is 119 Å². The highest BCUT2D eigenvalue weighted by molar-refractivity contribution is 7.10. The van der Waals surface area contributed by atoms with Crippen LogP contribution in [0.15, 0.2) is 11.4 Å². The van der Waals surface area contributed by atoms with Crippen molar-refractivity contribution >= 4 is 29.7 Å². The molecule has 1 aromatic rings. The first-order valence-corrected chi connectivity index (χ1v) is 6.98. The molecule has 3 N–H and O–H groups in total. The van der Waals surface area contributed by atoms with Gasteiger partial charge in [0.05, 0.1) is 5.92 Å². The first-order chi connectivity index (χ1) is 7.97. The van der Waals surface area contributed by atoms with Crippen LogP contribution in [0, 0.1) is 0 Å². The summed E-state index contributed by atoms with van der Waals surface area (Å²) in [6.45, 7) is 4.37. The number of nitrogens with two attached hydrogens (primary N) is 1. The first kappa shape index (κ1) is 15.5. The van der Waals surface area contributed by atoms with Crippen molar-refractivity contribution in [2.45, 2.75) is 44.6 Å². The van der Waals surface area contributed by atoms with Gasteiger partial charge < -0.3 is 11.1 Å². The van der Waals surface area contributed by atoms with E-state index in [9.17, 15) is 4.79 Å². The Morgan fingerprint density at radius 2 is 2.33 bits per heavy atom. The summed E-state index contributed by atoms with van der Waals surface area (Å²) < 4.78 is 0. The van der Waals surface area contributed by atoms with Crippen LogP contribution in [0.1, 0.15) is 43.0 Å². The van der Waals surface area contributed by atoms with Crippen LogP contribution < -0.4 is 11.1 Å². The standard InChI is InChI=1S/C13H20N2OS.ClH/c1-13(2,14)8-15-12(16)10-4-3-5-11-9(10)6-7-17-11;/h6-7,10H,3-5,8,14H2,1-2H3,(H,15,16);1H. The van der Waals surface area contributed by atoms with E-state index in [2.05, 4.69) is 16.8 Å². The van der Waals surface area contributed by atoms with Gasteiger partial charge in [0.1, 0.15) is 0 Å². The van der Waals surface area contributed by atoms with Crippen LogP contribution in [0.3, 0.4) is 0 Å². The lowest BCUT2D eigenvalue weighted by Crippen LogP contribution is -2.46. The zero-order chi connectivity index (χ0) is 12.5. The SMILES string of the molecule is CC(C)(N)CNC(=O)C1CCCc2sccc21.Cl. The summed E-state index contributed by atoms with van der Waals surface area (Å²) in [6.07, 6.45) is 3.19. The normalized spacial score (nSPS) is 18.7. The van der Waals surface area contributed by atoms with Crippen LogP contribution in [-0.2, 0) is 11.2 Å². The average molecular weight is 289 g/mol. The maximum atomic E-state index is 12.1. The predicted molar refractivity (Wildman–Crippen MR) is 78.5 cm³/mol. The molecule has 0 aromatic carbocycles. The molecule has 18 heavy (non-hydrogen) atoms. The predicted octanol–water partition coefficient (Wildman–Crippen LogP) is 2.44. The number of carbonyl (C=O) groups excluding carboxylic acids is 1. The maximum absolute atomic E-state index is 12.1. The molecule has 102 valence electrons. The molecule has 3 nitrogen and oxygen atoms in total. The van der Waals surface area contributed by atoms with Gasteiger partial charge in [-0.2, -0.15) is 0 Å². The molecule has 5 heteroatoms. The van der Waals surface area contributed by atoms with Crippen LogP contribution in [0.2, 0.25) is 0 Å². The van der Waals surface area contributed by atoms with E-state index in [1.54, 1.807) is 11.3 Å². The van der Waals surface area contributed by atoms with E-state index in [4.69, 9.17) is 5.73 Å². The van der Waals surface area contributed by atoms with Crippen LogP contribution >= 0.6 is 23.7 Å². The number of aryl methyl sites for hydroxylation is 1. The summed E-state index contributed by atoms with van der Waals surface area (Å²) in [7, 11) is 0. The Balaban J connectivity index is 0.00000162. The fourth-order valence-electron chi connectivity index (χ4n) is 2.20. The molecular weight excluding hydrogens is 268 g/mol. The summed E-state index contributed by atoms with van der Waals surface area (Å²) in [6, 6.07) is 2.09. The van der Waals surface area contributed by atoms with Crippen molar-refractivity contribution in [2.24, 2.45) is 5.73 Å². The highest BCUT2D eigenvalue weighted by Crippen LogP contribution is 2.34. The highest BCUT2D eigenvalue weighted by atomic mass is 35.5. The molecule has 1 aliphatic carbocycles. The van der Waals surface area contributed by atoms with Crippen molar-refractivity contribution < 1.29 is 4.79 Å². The number of halogens is 1. The van der Waals surface area contributed by atoms with Crippen molar-refractivity contribution in [1.29, 1.82) is 0 Å². The fourth-order valence-corrected chi connectivity index (χ4v) is 3.18. The molecule has 0 saturated carbocycles. The van der Waals surface area contributed by atoms with E-state index in [0.29, 0.717) is 6.54 Å². The number of nitrogens with one attached hydrogen (secondary N) is 1. The summed E-state index contributed by atoms with van der Waals surface area (Å²) in [4.78, 5) is 13.5. The van der Waals surface area contributed by atoms with E-state index in [1.807, 2.05) is 13.8 Å². The summed E-state index contributed by atoms with van der Waals surface area (Å²) in [5.41, 5.74) is 6.76. The molecule has 1 aliphatic rings. The van der Waals surface area contributed by atoms with Crippen LogP contribution in [0.25, 0.3) is 0 Å². The number of fused-ring (bicyclic) bond motifs is 1. The van der Waals surface area contributed by atoms with Crippen molar-refractivity contribution in [3.05, 3.63) is 21.9 Å². The van der Waals surface area contributed by atoms with Gasteiger partial charge in [-0.05, 0) is 50.1 Å². The summed E-state index contributed by atoms with van der Waals surface area (Å²) in [5, 5.41) is 5.05. The minimum absolute atomic E-state index is 0. The topological polar surface area (TPSA) is 55.1 Å². The van der Waals surface area contributed by atoms with Gasteiger partial charge in [0.15, 0.2) is 0 Å². The molecule has 1 atom stereocenters. The van der Waals surface area contributed by atoms with Gasteiger partial charge in [-0.1, -0.05) is 0 Å². The minimum atomic E-state index is -0.345. The number of thiophene rings is 1. The van der Waals surface area contributed by atoms with Crippen molar-refractivity contribution in [2.75, 3.05) is 6.54 Å². The zero-order valence-electron chi connectivity index (χ0n) is 10.9. The molecule has 0 fully saturated rings. The third-order valence-electron chi connectivity index (χ3n) is 3.09. The molecule has 1 aromatic heterocycles. The molecule has 0 saturated heterocycles. The van der Waals surface area contributed by atoms with Gasteiger partial charge >= 0.3 is 0 Å². The quantitative estimate of drug-likeness (QED) is 0.898. The summed E-state index contributed by atoms with van der Waals surface area (Å²) in [5.74, 6) is 0.162. The Morgan fingerprint density at radius 3 is 3.00 bits per heavy atom. The first-order valence-electron chi connectivity index (χ1n) is 6.10. The molecule has 1 unspecified atom stereocenters. The van der Waals surface area contributed by atoms with Gasteiger partial charge in [0.25, 0.3) is 0 Å². The Kier molecular flexibility index (Phi) is 5.20. The van der Waals surface area contributed by atoms with Crippen LogP contribution in [-0.4, -0.2) is 18.0 Å². The molecule has 1 heterocycles. The zero-order valence-corrected chi connectivity index (χ0v) is 12.5. The lowest BCUT2D eigenvalue weighted by Gasteiger charge is -2.24. The van der Waals surface area contributed by atoms with Gasteiger partial charge in [0.2, 0.25) is 5.91 Å². The third-order valence-corrected chi connectivity index (χ3v) is 4.08. The Bertz CT molecular complexity index is 411. The van der Waals surface area contributed by atoms with Crippen molar-refractivity contribution in [3.63, 3.8) is 0 Å². The average Bonchev–Trinajstić information content (AvgIpc) is 2.72. The van der Waals surface area contributed by atoms with Gasteiger partial charge in [-0.15, -0.1) is 23.7 Å². The number of hydrogen-bond donors (Lipinski definition) is 2. The van der Waals surface area contributed by atoms with Crippen molar-refractivity contribution in [1.82, 2.24) is 5.32 Å². The van der Waals surface area contributed by atoms with Crippen molar-refractivity contribution in [3.8, 4) is 0 Å². The number of rotatable bonds is 3. The minimum Gasteiger partial charge on any atom is -0.354 e. The monoisotopic (exact) mass is 288 g/mol. The summed E-state index contributed by atoms with van der Waals surface area (Å²) >= 11 is 1.77. The molecule has 2 rings (SSSR count). The smallest absolute Gasteiger partial charge is 0.227 e. The molecule has 0 bridgehead atoms. The highest BCUT2D eigenvalue weighted by Gasteiger charge is 2.27. The second-order valence-electron chi connectivity index (χ2n) is 5.45. The lowest BCUT2D eigenvalue weighted by molar-refractivity contribution is -0.123. The Morgan fingerprint density at radius 1 is 1.61 bits per heavy atom. The Hall–Kier alpha value is -0.580. The molecular formula is C13H21ClN2OS. The second-order valence-corrected chi connectivity index (χ2v) is 6.45. The van der Waals surface area contributed by atoms with Gasteiger partial charge in [0, 0.05) is 17.0 Å². The van der Waals surface area contributed by atoms with E-state index < -0.39 is 0 Å². The maximum Gasteiger partial charge on any atom is 0.227 e. The molecule has 0 radical (unpaired) electrons. The molecule has 0 spiro atoms. The molecule has 1 amide bonds. The van der Waals surface area contributed by atoms with E-state index in [0.717, 1.165) is 19.3 Å². The van der Waals surface area contributed by atoms with Crippen LogP contribution in [0.4, 0.5) is 0 Å². The number of amides is 1. The van der Waals surface area contributed by atoms with Gasteiger partial charge in [-0.25, -0.2) is 0 Å². The van der Waals surface area contributed by atoms with Gasteiger partial charge in [-0.3, -0.25) is 4.79 Å². The van der Waals surface area contributed by atoms with Crippen LogP contribution in [0.5, 0.6) is 0 Å². The number of hydrogen-bond acceptors (Lipinski definition) is 3. The second kappa shape index (κ2) is 6.04.